The second-order valence-corrected chi connectivity index (χ2v) is 4.46. The summed E-state index contributed by atoms with van der Waals surface area (Å²) in [6.07, 6.45) is -7.56. The van der Waals surface area contributed by atoms with E-state index in [1.807, 2.05) is 0 Å². The highest BCUT2D eigenvalue weighted by Crippen LogP contribution is 2.22. The van der Waals surface area contributed by atoms with E-state index in [0.29, 0.717) is 0 Å². The molecule has 0 aliphatic carbocycles. The van der Waals surface area contributed by atoms with Crippen LogP contribution >= 0.6 is 0 Å². The third-order valence-electron chi connectivity index (χ3n) is 1.77. The second-order valence-electron chi connectivity index (χ2n) is 3.00. The Labute approximate surface area is 91.4 Å². The highest BCUT2D eigenvalue weighted by atomic mass is 32.2. The molecule has 0 bridgehead atoms. The number of alkyl halides is 3. The molecule has 0 amide bonds. The molecule has 0 saturated heterocycles. The van der Waals surface area contributed by atoms with Gasteiger partial charge in [-0.1, -0.05) is 12.1 Å². The lowest BCUT2D eigenvalue weighted by Gasteiger charge is -2.13. The van der Waals surface area contributed by atoms with E-state index in [1.165, 1.54) is 12.1 Å². The van der Waals surface area contributed by atoms with Gasteiger partial charge >= 0.3 is 6.18 Å². The molecule has 0 heterocycles. The Morgan fingerprint density at radius 1 is 1.31 bits per heavy atom. The summed E-state index contributed by atoms with van der Waals surface area (Å²) in [6, 6.07) is 4.80. The van der Waals surface area contributed by atoms with Gasteiger partial charge in [-0.05, 0) is 12.1 Å². The summed E-state index contributed by atoms with van der Waals surface area (Å²) in [5.41, 5.74) is 0. The van der Waals surface area contributed by atoms with Crippen LogP contribution in [0.15, 0.2) is 29.2 Å². The van der Waals surface area contributed by atoms with Crippen molar-refractivity contribution >= 4 is 10.8 Å². The van der Waals surface area contributed by atoms with Crippen molar-refractivity contribution in [3.63, 3.8) is 0 Å². The first-order valence-corrected chi connectivity index (χ1v) is 5.52. The second kappa shape index (κ2) is 4.92. The molecule has 1 N–H and O–H groups in total. The molecule has 7 heteroatoms. The normalized spacial score (nSPS) is 15.8. The molecule has 1 rings (SSSR count). The van der Waals surface area contributed by atoms with Crippen molar-refractivity contribution in [1.82, 2.24) is 0 Å². The molecule has 2 nitrogen and oxygen atoms in total. The molecular formula is C9H8F4O2S. The van der Waals surface area contributed by atoms with Gasteiger partial charge in [0.2, 0.25) is 0 Å². The van der Waals surface area contributed by atoms with Crippen molar-refractivity contribution < 1.29 is 26.9 Å². The SMILES string of the molecule is O=S(CC(O)C(F)(F)F)c1ccccc1F. The zero-order valence-electron chi connectivity index (χ0n) is 7.87. The van der Waals surface area contributed by atoms with Crippen LogP contribution < -0.4 is 0 Å². The number of aliphatic hydroxyl groups excluding tert-OH is 1. The van der Waals surface area contributed by atoms with Gasteiger partial charge in [-0.2, -0.15) is 13.2 Å². The van der Waals surface area contributed by atoms with Crippen LogP contribution in [0, 0.1) is 5.82 Å². The van der Waals surface area contributed by atoms with Gasteiger partial charge < -0.3 is 5.11 Å². The first-order chi connectivity index (χ1) is 7.32. The molecular weight excluding hydrogens is 248 g/mol. The summed E-state index contributed by atoms with van der Waals surface area (Å²) in [7, 11) is -2.22. The Kier molecular flexibility index (Phi) is 4.03. The van der Waals surface area contributed by atoms with Crippen LogP contribution in [0.2, 0.25) is 0 Å². The third kappa shape index (κ3) is 3.28. The van der Waals surface area contributed by atoms with E-state index < -0.39 is 34.6 Å². The van der Waals surface area contributed by atoms with Gasteiger partial charge in [-0.3, -0.25) is 4.21 Å². The molecule has 0 aliphatic heterocycles. The van der Waals surface area contributed by atoms with Crippen LogP contribution in [0.3, 0.4) is 0 Å². The minimum absolute atomic E-state index is 0.342. The van der Waals surface area contributed by atoms with E-state index in [0.717, 1.165) is 12.1 Å². The lowest BCUT2D eigenvalue weighted by atomic mass is 10.3. The summed E-state index contributed by atoms with van der Waals surface area (Å²) in [5.74, 6) is -1.92. The average molecular weight is 256 g/mol. The number of rotatable bonds is 3. The number of benzene rings is 1. The largest absolute Gasteiger partial charge is 0.415 e. The van der Waals surface area contributed by atoms with Gasteiger partial charge in [-0.25, -0.2) is 4.39 Å². The summed E-state index contributed by atoms with van der Waals surface area (Å²) in [4.78, 5) is -0.342. The summed E-state index contributed by atoms with van der Waals surface area (Å²) < 4.78 is 60.2. The Balaban J connectivity index is 2.78. The van der Waals surface area contributed by atoms with E-state index in [4.69, 9.17) is 5.11 Å². The molecule has 0 spiro atoms. The maximum absolute atomic E-state index is 13.0. The maximum Gasteiger partial charge on any atom is 0.415 e. The van der Waals surface area contributed by atoms with E-state index in [2.05, 4.69) is 0 Å². The van der Waals surface area contributed by atoms with Gasteiger partial charge in [0, 0.05) is 0 Å². The monoisotopic (exact) mass is 256 g/mol. The molecule has 1 aromatic rings. The smallest absolute Gasteiger partial charge is 0.383 e. The zero-order chi connectivity index (χ0) is 12.3. The van der Waals surface area contributed by atoms with Crippen molar-refractivity contribution in [1.29, 1.82) is 0 Å². The van der Waals surface area contributed by atoms with Crippen LogP contribution in [0.4, 0.5) is 17.6 Å². The minimum Gasteiger partial charge on any atom is -0.383 e. The van der Waals surface area contributed by atoms with Gasteiger partial charge in [0.05, 0.1) is 21.4 Å². The molecule has 2 atom stereocenters. The topological polar surface area (TPSA) is 37.3 Å². The van der Waals surface area contributed by atoms with E-state index in [9.17, 15) is 21.8 Å². The highest BCUT2D eigenvalue weighted by Gasteiger charge is 2.39. The number of hydrogen-bond acceptors (Lipinski definition) is 2. The van der Waals surface area contributed by atoms with Crippen LogP contribution in [0.5, 0.6) is 0 Å². The fourth-order valence-electron chi connectivity index (χ4n) is 0.957. The van der Waals surface area contributed by atoms with Gasteiger partial charge in [0.25, 0.3) is 0 Å². The molecule has 0 saturated carbocycles. The highest BCUT2D eigenvalue weighted by molar-refractivity contribution is 7.85. The Morgan fingerprint density at radius 2 is 1.88 bits per heavy atom. The first-order valence-electron chi connectivity index (χ1n) is 4.20. The number of halogens is 4. The lowest BCUT2D eigenvalue weighted by Crippen LogP contribution is -2.33. The maximum atomic E-state index is 13.0. The van der Waals surface area contributed by atoms with E-state index in [1.54, 1.807) is 0 Å². The molecule has 0 fully saturated rings. The Hall–Kier alpha value is -0.950. The van der Waals surface area contributed by atoms with Crippen molar-refractivity contribution in [2.24, 2.45) is 0 Å². The minimum atomic E-state index is -4.85. The number of aliphatic hydroxyl groups is 1. The van der Waals surface area contributed by atoms with Gasteiger partial charge in [0.1, 0.15) is 5.82 Å². The molecule has 0 aromatic heterocycles. The van der Waals surface area contributed by atoms with Crippen molar-refractivity contribution in [2.45, 2.75) is 17.2 Å². The Morgan fingerprint density at radius 3 is 2.38 bits per heavy atom. The van der Waals surface area contributed by atoms with E-state index in [-0.39, 0.29) is 4.90 Å². The van der Waals surface area contributed by atoms with Gasteiger partial charge in [0.15, 0.2) is 6.10 Å². The zero-order valence-corrected chi connectivity index (χ0v) is 8.69. The summed E-state index contributed by atoms with van der Waals surface area (Å²) in [6.45, 7) is 0. The van der Waals surface area contributed by atoms with Crippen molar-refractivity contribution in [3.05, 3.63) is 30.1 Å². The molecule has 0 radical (unpaired) electrons. The molecule has 16 heavy (non-hydrogen) atoms. The average Bonchev–Trinajstić information content (AvgIpc) is 2.16. The summed E-state index contributed by atoms with van der Waals surface area (Å²) >= 11 is 0. The third-order valence-corrected chi connectivity index (χ3v) is 3.21. The molecule has 1 aromatic carbocycles. The van der Waals surface area contributed by atoms with Gasteiger partial charge in [-0.15, -0.1) is 0 Å². The van der Waals surface area contributed by atoms with Crippen LogP contribution in [-0.2, 0) is 10.8 Å². The lowest BCUT2D eigenvalue weighted by molar-refractivity contribution is -0.196. The predicted molar refractivity (Wildman–Crippen MR) is 49.7 cm³/mol. The fourth-order valence-corrected chi connectivity index (χ4v) is 2.13. The Bertz CT molecular complexity index is 391. The number of hydrogen-bond donors (Lipinski definition) is 1. The molecule has 90 valence electrons. The van der Waals surface area contributed by atoms with E-state index >= 15 is 0 Å². The summed E-state index contributed by atoms with van der Waals surface area (Å²) in [5, 5.41) is 8.67. The molecule has 0 aliphatic rings. The quantitative estimate of drug-likeness (QED) is 0.838. The van der Waals surface area contributed by atoms with Crippen molar-refractivity contribution in [3.8, 4) is 0 Å². The fraction of sp³-hybridized carbons (Fsp3) is 0.333. The molecule has 2 unspecified atom stereocenters. The van der Waals surface area contributed by atoms with Crippen LogP contribution in [0.1, 0.15) is 0 Å². The van der Waals surface area contributed by atoms with Crippen LogP contribution in [0.25, 0.3) is 0 Å². The predicted octanol–water partition coefficient (Wildman–Crippen LogP) is 1.86. The van der Waals surface area contributed by atoms with Crippen molar-refractivity contribution in [2.75, 3.05) is 5.75 Å². The first kappa shape index (κ1) is 13.1. The van der Waals surface area contributed by atoms with Crippen LogP contribution in [-0.4, -0.2) is 27.3 Å². The standard InChI is InChI=1S/C9H8F4O2S/c10-6-3-1-2-4-7(6)16(15)5-8(14)9(11,12)13/h1-4,8,14H,5H2.